The zero-order valence-electron chi connectivity index (χ0n) is 11.6. The number of halogens is 3. The van der Waals surface area contributed by atoms with E-state index in [1.54, 1.807) is 14.1 Å². The predicted octanol–water partition coefficient (Wildman–Crippen LogP) is 2.12. The van der Waals surface area contributed by atoms with Gasteiger partial charge in [0.2, 0.25) is 11.7 Å². The van der Waals surface area contributed by atoms with Gasteiger partial charge in [0.15, 0.2) is 0 Å². The molecule has 0 aliphatic heterocycles. The van der Waals surface area contributed by atoms with Crippen molar-refractivity contribution >= 4 is 22.6 Å². The molecule has 1 aromatic carbocycles. The number of fused-ring (bicyclic) bond motifs is 1. The summed E-state index contributed by atoms with van der Waals surface area (Å²) < 4.78 is 40.2. The molecular weight excluding hydrogens is 285 g/mol. The summed E-state index contributed by atoms with van der Waals surface area (Å²) >= 11 is 0. The first-order valence-corrected chi connectivity index (χ1v) is 6.23. The maximum absolute atomic E-state index is 13.1. The standard InChI is InChI=1S/C13H15F3N4O/c1-19(2)11(21)5-6-20-10-4-3-8(17)7-9(10)18-12(20)13(14,15)16/h3-4,7H,5-6,17H2,1-2H3. The van der Waals surface area contributed by atoms with Crippen LogP contribution in [0.5, 0.6) is 0 Å². The third-order valence-corrected chi connectivity index (χ3v) is 3.07. The van der Waals surface area contributed by atoms with E-state index in [4.69, 9.17) is 5.73 Å². The number of nitrogen functional groups attached to an aromatic ring is 1. The van der Waals surface area contributed by atoms with Gasteiger partial charge in [-0.3, -0.25) is 4.79 Å². The molecule has 2 rings (SSSR count). The van der Waals surface area contributed by atoms with E-state index in [2.05, 4.69) is 4.98 Å². The molecule has 1 heterocycles. The van der Waals surface area contributed by atoms with Crippen LogP contribution in [0.15, 0.2) is 18.2 Å². The molecule has 2 N–H and O–H groups in total. The van der Waals surface area contributed by atoms with Crippen molar-refractivity contribution in [3.8, 4) is 0 Å². The minimum atomic E-state index is -4.59. The van der Waals surface area contributed by atoms with Gasteiger partial charge >= 0.3 is 6.18 Å². The van der Waals surface area contributed by atoms with Crippen molar-refractivity contribution in [1.29, 1.82) is 0 Å². The highest BCUT2D eigenvalue weighted by Gasteiger charge is 2.37. The van der Waals surface area contributed by atoms with Gasteiger partial charge in [0.05, 0.1) is 11.0 Å². The Morgan fingerprint density at radius 2 is 2.05 bits per heavy atom. The average Bonchev–Trinajstić information content (AvgIpc) is 2.73. The van der Waals surface area contributed by atoms with Gasteiger partial charge < -0.3 is 15.2 Å². The van der Waals surface area contributed by atoms with Crippen LogP contribution in [0.3, 0.4) is 0 Å². The summed E-state index contributed by atoms with van der Waals surface area (Å²) in [6, 6.07) is 4.37. The number of nitrogens with two attached hydrogens (primary N) is 1. The maximum atomic E-state index is 13.1. The largest absolute Gasteiger partial charge is 0.449 e. The monoisotopic (exact) mass is 300 g/mol. The molecule has 1 aromatic heterocycles. The first-order valence-electron chi connectivity index (χ1n) is 6.23. The molecule has 0 saturated heterocycles. The number of carbonyl (C=O) groups excluding carboxylic acids is 1. The molecule has 0 atom stereocenters. The van der Waals surface area contributed by atoms with Crippen LogP contribution in [0.2, 0.25) is 0 Å². The number of hydrogen-bond acceptors (Lipinski definition) is 3. The molecular formula is C13H15F3N4O. The van der Waals surface area contributed by atoms with E-state index in [0.29, 0.717) is 11.2 Å². The van der Waals surface area contributed by atoms with Crippen LogP contribution < -0.4 is 5.73 Å². The molecule has 21 heavy (non-hydrogen) atoms. The number of carbonyl (C=O) groups is 1. The van der Waals surface area contributed by atoms with Crippen LogP contribution in [-0.4, -0.2) is 34.5 Å². The normalized spacial score (nSPS) is 11.9. The molecule has 2 aromatic rings. The smallest absolute Gasteiger partial charge is 0.399 e. The molecule has 0 spiro atoms. The summed E-state index contributed by atoms with van der Waals surface area (Å²) in [4.78, 5) is 16.5. The SMILES string of the molecule is CN(C)C(=O)CCn1c(C(F)(F)F)nc2cc(N)ccc21. The van der Waals surface area contributed by atoms with E-state index in [0.717, 1.165) is 4.57 Å². The first kappa shape index (κ1) is 15.1. The summed E-state index contributed by atoms with van der Waals surface area (Å²) in [5.74, 6) is -1.27. The maximum Gasteiger partial charge on any atom is 0.449 e. The number of amides is 1. The second-order valence-corrected chi connectivity index (χ2v) is 4.87. The van der Waals surface area contributed by atoms with Crippen molar-refractivity contribution < 1.29 is 18.0 Å². The van der Waals surface area contributed by atoms with Crippen molar-refractivity contribution in [3.05, 3.63) is 24.0 Å². The Morgan fingerprint density at radius 3 is 2.62 bits per heavy atom. The van der Waals surface area contributed by atoms with Crippen molar-refractivity contribution in [2.24, 2.45) is 0 Å². The van der Waals surface area contributed by atoms with E-state index in [-0.39, 0.29) is 24.4 Å². The lowest BCUT2D eigenvalue weighted by atomic mass is 10.2. The fraction of sp³-hybridized carbons (Fsp3) is 0.385. The molecule has 114 valence electrons. The van der Waals surface area contributed by atoms with Gasteiger partial charge in [-0.1, -0.05) is 0 Å². The van der Waals surface area contributed by atoms with Crippen molar-refractivity contribution in [2.75, 3.05) is 19.8 Å². The number of aryl methyl sites for hydroxylation is 1. The number of nitrogens with zero attached hydrogens (tertiary/aromatic N) is 3. The fourth-order valence-corrected chi connectivity index (χ4v) is 2.02. The van der Waals surface area contributed by atoms with Crippen LogP contribution in [-0.2, 0) is 17.5 Å². The summed E-state index contributed by atoms with van der Waals surface area (Å²) in [6.45, 7) is -0.0910. The van der Waals surface area contributed by atoms with E-state index in [9.17, 15) is 18.0 Å². The Hall–Kier alpha value is -2.25. The molecule has 0 radical (unpaired) electrons. The molecule has 0 bridgehead atoms. The third kappa shape index (κ3) is 3.09. The van der Waals surface area contributed by atoms with E-state index < -0.39 is 12.0 Å². The lowest BCUT2D eigenvalue weighted by Gasteiger charge is -2.13. The highest BCUT2D eigenvalue weighted by molar-refractivity contribution is 5.80. The highest BCUT2D eigenvalue weighted by Crippen LogP contribution is 2.32. The lowest BCUT2D eigenvalue weighted by Crippen LogP contribution is -2.24. The zero-order valence-corrected chi connectivity index (χ0v) is 11.6. The van der Waals surface area contributed by atoms with Crippen molar-refractivity contribution in [2.45, 2.75) is 19.1 Å². The van der Waals surface area contributed by atoms with Crippen LogP contribution >= 0.6 is 0 Å². The van der Waals surface area contributed by atoms with E-state index in [1.165, 1.54) is 23.1 Å². The lowest BCUT2D eigenvalue weighted by molar-refractivity contribution is -0.147. The number of aromatic nitrogens is 2. The summed E-state index contributed by atoms with van der Waals surface area (Å²) in [7, 11) is 3.11. The summed E-state index contributed by atoms with van der Waals surface area (Å²) in [5.41, 5.74) is 6.38. The second kappa shape index (κ2) is 5.27. The molecule has 0 aliphatic carbocycles. The summed E-state index contributed by atoms with van der Waals surface area (Å²) in [5, 5.41) is 0. The average molecular weight is 300 g/mol. The van der Waals surface area contributed by atoms with Crippen LogP contribution in [0, 0.1) is 0 Å². The Labute approximate surface area is 119 Å². The molecule has 0 fully saturated rings. The summed E-state index contributed by atoms with van der Waals surface area (Å²) in [6.07, 6.45) is -4.62. The van der Waals surface area contributed by atoms with Crippen molar-refractivity contribution in [3.63, 3.8) is 0 Å². The number of hydrogen-bond donors (Lipinski definition) is 1. The van der Waals surface area contributed by atoms with Crippen LogP contribution in [0.25, 0.3) is 11.0 Å². The molecule has 1 amide bonds. The van der Waals surface area contributed by atoms with Crippen LogP contribution in [0.4, 0.5) is 18.9 Å². The highest BCUT2D eigenvalue weighted by atomic mass is 19.4. The molecule has 8 heteroatoms. The van der Waals surface area contributed by atoms with Gasteiger partial charge in [-0.2, -0.15) is 13.2 Å². The Morgan fingerprint density at radius 1 is 1.38 bits per heavy atom. The van der Waals surface area contributed by atoms with Gasteiger partial charge in [-0.25, -0.2) is 4.98 Å². The number of anilines is 1. The van der Waals surface area contributed by atoms with Gasteiger partial charge in [0.1, 0.15) is 0 Å². The minimum Gasteiger partial charge on any atom is -0.399 e. The number of rotatable bonds is 3. The van der Waals surface area contributed by atoms with Gasteiger partial charge in [0, 0.05) is 32.7 Å². The van der Waals surface area contributed by atoms with Crippen LogP contribution in [0.1, 0.15) is 12.2 Å². The molecule has 0 unspecified atom stereocenters. The van der Waals surface area contributed by atoms with E-state index in [1.807, 2.05) is 0 Å². The Kier molecular flexibility index (Phi) is 3.80. The molecule has 0 saturated carbocycles. The topological polar surface area (TPSA) is 64.2 Å². The predicted molar refractivity (Wildman–Crippen MR) is 72.5 cm³/mol. The number of benzene rings is 1. The Balaban J connectivity index is 2.46. The zero-order chi connectivity index (χ0) is 15.8. The minimum absolute atomic E-state index is 0.0358. The van der Waals surface area contributed by atoms with E-state index >= 15 is 0 Å². The van der Waals surface area contributed by atoms with Gasteiger partial charge in [-0.05, 0) is 18.2 Å². The van der Waals surface area contributed by atoms with Gasteiger partial charge in [-0.15, -0.1) is 0 Å². The van der Waals surface area contributed by atoms with Crippen molar-refractivity contribution in [1.82, 2.24) is 14.5 Å². The molecule has 5 nitrogen and oxygen atoms in total. The Bertz CT molecular complexity index is 676. The number of alkyl halides is 3. The van der Waals surface area contributed by atoms with Gasteiger partial charge in [0.25, 0.3) is 0 Å². The third-order valence-electron chi connectivity index (χ3n) is 3.07. The number of imidazole rings is 1. The quantitative estimate of drug-likeness (QED) is 0.883. The second-order valence-electron chi connectivity index (χ2n) is 4.87. The fourth-order valence-electron chi connectivity index (χ4n) is 2.02. The first-order chi connectivity index (χ1) is 9.70. The molecule has 0 aliphatic rings.